The van der Waals surface area contributed by atoms with Gasteiger partial charge in [-0.1, -0.05) is 0 Å². The Labute approximate surface area is 92.7 Å². The molecule has 0 aromatic carbocycles. The Morgan fingerprint density at radius 1 is 1.50 bits per heavy atom. The van der Waals surface area contributed by atoms with Crippen LogP contribution in [0.2, 0.25) is 0 Å². The molecule has 0 fully saturated rings. The van der Waals surface area contributed by atoms with Crippen molar-refractivity contribution in [2.45, 2.75) is 0 Å². The molecule has 0 atom stereocenters. The van der Waals surface area contributed by atoms with Crippen molar-refractivity contribution in [3.05, 3.63) is 0 Å². The van der Waals surface area contributed by atoms with Crippen LogP contribution in [0.25, 0.3) is 0 Å². The van der Waals surface area contributed by atoms with E-state index in [0.717, 1.165) is 0 Å². The average molecular weight is 257 g/mol. The summed E-state index contributed by atoms with van der Waals surface area (Å²) in [7, 11) is -5.31. The number of hydrogen-bond acceptors (Lipinski definition) is 4. The van der Waals surface area contributed by atoms with Crippen LogP contribution >= 0.6 is 7.82 Å². The Hall–Kier alpha value is 2.04. The zero-order valence-electron chi connectivity index (χ0n) is 3.52. The zero-order chi connectivity index (χ0) is 5.21. The van der Waals surface area contributed by atoms with E-state index in [0.29, 0.717) is 0 Å². The summed E-state index contributed by atoms with van der Waals surface area (Å²) in [4.78, 5) is 17.8. The first kappa shape index (κ1) is 16.6. The summed E-state index contributed by atoms with van der Waals surface area (Å²) in [5.41, 5.74) is 0. The molecule has 0 aliphatic rings. The maximum Gasteiger partial charge on any atom is 2.00 e. The van der Waals surface area contributed by atoms with E-state index < -0.39 is 7.82 Å². The van der Waals surface area contributed by atoms with E-state index in [1.165, 1.54) is 0 Å². The number of phosphoric acid groups is 1. The molecule has 0 N–H and O–H groups in total. The molecule has 0 unspecified atom stereocenters. The molecular formula is FFeO4PSr. The fourth-order valence-electron chi connectivity index (χ4n) is 0. The summed E-state index contributed by atoms with van der Waals surface area (Å²) in [6.45, 7) is 0. The molecule has 0 saturated carbocycles. The summed E-state index contributed by atoms with van der Waals surface area (Å²) in [6, 6.07) is 0. The van der Waals surface area contributed by atoms with Gasteiger partial charge in [0.1, 0.15) is 7.82 Å². The summed E-state index contributed by atoms with van der Waals surface area (Å²) in [5, 5.41) is 0. The molecule has 0 spiro atoms. The molecule has 0 amide bonds. The van der Waals surface area contributed by atoms with Crippen molar-refractivity contribution in [2.24, 2.45) is 0 Å². The zero-order valence-corrected chi connectivity index (χ0v) is 8.99. The van der Waals surface area contributed by atoms with Crippen LogP contribution in [0.1, 0.15) is 0 Å². The standard InChI is InChI=1S/FH2O4P.Fe.Sr/c1-5-6(2,3)4;;/h(H2,2,3,4);;/q;;+2/p-2. The van der Waals surface area contributed by atoms with E-state index in [2.05, 4.69) is 0 Å². The third-order valence-corrected chi connectivity index (χ3v) is 0.254. The molecular weight excluding hydrogens is 257 g/mol. The third-order valence-electron chi connectivity index (χ3n) is 0.0845. The average Bonchev–Trinajstić information content (AvgIpc) is 1.35. The van der Waals surface area contributed by atoms with Gasteiger partial charge in [0, 0.05) is 17.1 Å². The number of halogens is 1. The summed E-state index contributed by atoms with van der Waals surface area (Å²) in [6.07, 6.45) is 0. The normalized spacial score (nSPS) is 8.88. The first-order valence-corrected chi connectivity index (χ1v) is 2.35. The van der Waals surface area contributed by atoms with Crippen molar-refractivity contribution < 1.29 is 40.7 Å². The van der Waals surface area contributed by atoms with Gasteiger partial charge in [0.05, 0.1) is 0 Å². The van der Waals surface area contributed by atoms with Gasteiger partial charge in [-0.25, -0.2) is 0 Å². The van der Waals surface area contributed by atoms with E-state index in [-0.39, 0.29) is 62.6 Å². The van der Waals surface area contributed by atoms with Crippen LogP contribution in [0, 0.1) is 0 Å². The minimum atomic E-state index is -5.31. The Morgan fingerprint density at radius 3 is 1.62 bits per heavy atom. The van der Waals surface area contributed by atoms with Gasteiger partial charge in [0.2, 0.25) is 0 Å². The van der Waals surface area contributed by atoms with E-state index in [9.17, 15) is 4.53 Å². The second kappa shape index (κ2) is 7.15. The SMILES string of the molecule is O=P([O-])([O-])OF.[Fe].[Sr+2]. The smallest absolute Gasteiger partial charge is 0.787 e. The van der Waals surface area contributed by atoms with Crippen molar-refractivity contribution in [1.82, 2.24) is 0 Å². The molecule has 0 aromatic rings. The third kappa shape index (κ3) is 15.7. The Morgan fingerprint density at radius 2 is 1.62 bits per heavy atom. The molecule has 0 rings (SSSR count). The molecule has 4 nitrogen and oxygen atoms in total. The largest absolute Gasteiger partial charge is 2.00 e. The fourth-order valence-corrected chi connectivity index (χ4v) is 0. The molecule has 46 valence electrons. The summed E-state index contributed by atoms with van der Waals surface area (Å²) >= 11 is 0. The second-order valence-electron chi connectivity index (χ2n) is 0.516. The second-order valence-corrected chi connectivity index (χ2v) is 1.55. The van der Waals surface area contributed by atoms with Gasteiger partial charge >= 0.3 is 45.5 Å². The van der Waals surface area contributed by atoms with Gasteiger partial charge in [-0.2, -0.15) is 4.73 Å². The Balaban J connectivity index is -0.000000125. The van der Waals surface area contributed by atoms with Crippen LogP contribution in [0.5, 0.6) is 0 Å². The minimum absolute atomic E-state index is 0. The van der Waals surface area contributed by atoms with Crippen LogP contribution < -0.4 is 9.79 Å². The Bertz CT molecular complexity index is 80.1. The minimum Gasteiger partial charge on any atom is -0.787 e. The van der Waals surface area contributed by atoms with Crippen molar-refractivity contribution in [3.8, 4) is 0 Å². The van der Waals surface area contributed by atoms with Crippen LogP contribution in [-0.2, 0) is 26.4 Å². The maximum atomic E-state index is 10.1. The van der Waals surface area contributed by atoms with Crippen LogP contribution in [0.4, 0.5) is 4.53 Å². The van der Waals surface area contributed by atoms with Crippen molar-refractivity contribution in [2.75, 3.05) is 0 Å². The molecule has 8 heavy (non-hydrogen) atoms. The van der Waals surface area contributed by atoms with Gasteiger partial charge in [-0.15, -0.1) is 0 Å². The monoisotopic (exact) mass is 258 g/mol. The van der Waals surface area contributed by atoms with E-state index in [4.69, 9.17) is 14.4 Å². The van der Waals surface area contributed by atoms with E-state index >= 15 is 0 Å². The predicted molar refractivity (Wildman–Crippen MR) is 15.6 cm³/mol. The van der Waals surface area contributed by atoms with E-state index in [1.54, 1.807) is 0 Å². The van der Waals surface area contributed by atoms with E-state index in [1.807, 2.05) is 4.73 Å². The van der Waals surface area contributed by atoms with Crippen LogP contribution in [0.15, 0.2) is 0 Å². The van der Waals surface area contributed by atoms with Crippen molar-refractivity contribution >= 4 is 53.3 Å². The predicted octanol–water partition coefficient (Wildman–Crippen LogP) is -1.67. The van der Waals surface area contributed by atoms with Gasteiger partial charge in [-0.3, -0.25) is 0 Å². The topological polar surface area (TPSA) is 72.4 Å². The maximum absolute atomic E-state index is 10.1. The molecule has 0 bridgehead atoms. The quantitative estimate of drug-likeness (QED) is 0.416. The van der Waals surface area contributed by atoms with Gasteiger partial charge in [0.15, 0.2) is 0 Å². The molecule has 0 aromatic heterocycles. The molecule has 0 radical (unpaired) electrons. The molecule has 0 saturated heterocycles. The van der Waals surface area contributed by atoms with Gasteiger partial charge in [0.25, 0.3) is 0 Å². The molecule has 8 heteroatoms. The van der Waals surface area contributed by atoms with Crippen LogP contribution in [0.3, 0.4) is 0 Å². The molecule has 0 heterocycles. The Kier molecular flexibility index (Phi) is 14.8. The summed E-state index contributed by atoms with van der Waals surface area (Å²) < 4.78 is 20.9. The molecule has 0 aliphatic heterocycles. The summed E-state index contributed by atoms with van der Waals surface area (Å²) in [5.74, 6) is 0. The van der Waals surface area contributed by atoms with Crippen molar-refractivity contribution in [1.29, 1.82) is 0 Å². The van der Waals surface area contributed by atoms with Gasteiger partial charge < -0.3 is 14.4 Å². The molecule has 0 aliphatic carbocycles. The number of hydrogen-bond donors (Lipinski definition) is 0. The number of rotatable bonds is 1. The fraction of sp³-hybridized carbons (Fsp3) is 0. The first-order chi connectivity index (χ1) is 2.56. The van der Waals surface area contributed by atoms with Crippen molar-refractivity contribution in [3.63, 3.8) is 0 Å². The van der Waals surface area contributed by atoms with Crippen LogP contribution in [-0.4, -0.2) is 45.5 Å². The van der Waals surface area contributed by atoms with Gasteiger partial charge in [-0.05, 0) is 4.53 Å². The first-order valence-electron chi connectivity index (χ1n) is 0.885.